The lowest BCUT2D eigenvalue weighted by Crippen LogP contribution is -2.18. The van der Waals surface area contributed by atoms with E-state index in [0.29, 0.717) is 6.42 Å². The molecule has 4 heteroatoms. The van der Waals surface area contributed by atoms with E-state index in [1.54, 1.807) is 0 Å². The zero-order valence-electron chi connectivity index (χ0n) is 16.3. The highest BCUT2D eigenvalue weighted by atomic mass is 16.5. The summed E-state index contributed by atoms with van der Waals surface area (Å²) in [5.41, 5.74) is 4.95. The maximum Gasteiger partial charge on any atom is 0.311 e. The molecular weight excluding hydrogens is 314 g/mol. The first-order valence-electron chi connectivity index (χ1n) is 10.3. The molecule has 0 aliphatic rings. The van der Waals surface area contributed by atoms with Crippen molar-refractivity contribution in [1.29, 1.82) is 0 Å². The summed E-state index contributed by atoms with van der Waals surface area (Å²) in [5, 5.41) is 0. The average molecular weight is 354 g/mol. The number of carbonyl (C=O) groups is 2. The molecule has 4 nitrogen and oxygen atoms in total. The van der Waals surface area contributed by atoms with Crippen molar-refractivity contribution in [3.8, 4) is 0 Å². The molecule has 0 rings (SSSR count). The molecule has 0 aliphatic heterocycles. The Morgan fingerprint density at radius 2 is 1.08 bits per heavy atom. The molecule has 0 heterocycles. The summed E-state index contributed by atoms with van der Waals surface area (Å²) in [7, 11) is 0. The maximum absolute atomic E-state index is 11.4. The fraction of sp³-hybridized carbons (Fsp3) is 0.810. The Morgan fingerprint density at radius 3 is 1.44 bits per heavy atom. The summed E-state index contributed by atoms with van der Waals surface area (Å²) in [6.45, 7) is 5.56. The summed E-state index contributed by atoms with van der Waals surface area (Å²) in [6, 6.07) is 0. The highest BCUT2D eigenvalue weighted by molar-refractivity contribution is 5.91. The summed E-state index contributed by atoms with van der Waals surface area (Å²) < 4.78 is 4.72. The number of rotatable bonds is 18. The van der Waals surface area contributed by atoms with Gasteiger partial charge in [-0.1, -0.05) is 103 Å². The minimum Gasteiger partial charge on any atom is -0.421 e. The van der Waals surface area contributed by atoms with Gasteiger partial charge in [0.25, 0.3) is 5.91 Å². The molecule has 0 radical (unpaired) electrons. The minimum absolute atomic E-state index is 0.272. The van der Waals surface area contributed by atoms with E-state index in [2.05, 4.69) is 13.5 Å². The average Bonchev–Trinajstić information content (AvgIpc) is 2.58. The van der Waals surface area contributed by atoms with Crippen LogP contribution < -0.4 is 5.73 Å². The summed E-state index contributed by atoms with van der Waals surface area (Å²) in [6.07, 6.45) is 19.6. The van der Waals surface area contributed by atoms with Crippen LogP contribution >= 0.6 is 0 Å². The second-order valence-corrected chi connectivity index (χ2v) is 6.96. The topological polar surface area (TPSA) is 69.4 Å². The lowest BCUT2D eigenvalue weighted by molar-refractivity contribution is -0.142. The molecule has 146 valence electrons. The molecule has 1 amide bonds. The second kappa shape index (κ2) is 17.5. The van der Waals surface area contributed by atoms with Crippen molar-refractivity contribution in [2.75, 3.05) is 0 Å². The standard InChI is InChI=1S/C21H39NO3/c1-3-4-5-6-7-8-9-10-11-12-13-14-15-16-17-18-20(23)25-19(2)21(22)24/h2-18H2,1H3,(H2,22,24). The fourth-order valence-corrected chi connectivity index (χ4v) is 2.88. The highest BCUT2D eigenvalue weighted by Crippen LogP contribution is 2.14. The lowest BCUT2D eigenvalue weighted by atomic mass is 10.0. The van der Waals surface area contributed by atoms with Crippen LogP contribution in [0.3, 0.4) is 0 Å². The third-order valence-corrected chi connectivity index (χ3v) is 4.50. The Balaban J connectivity index is 3.20. The maximum atomic E-state index is 11.4. The molecule has 0 fully saturated rings. The number of hydrogen-bond acceptors (Lipinski definition) is 3. The quantitative estimate of drug-likeness (QED) is 0.147. The Hall–Kier alpha value is -1.32. The van der Waals surface area contributed by atoms with Gasteiger partial charge in [-0.05, 0) is 6.42 Å². The molecule has 0 aromatic carbocycles. The first kappa shape index (κ1) is 23.7. The van der Waals surface area contributed by atoms with E-state index < -0.39 is 11.9 Å². The van der Waals surface area contributed by atoms with Crippen molar-refractivity contribution in [2.24, 2.45) is 5.73 Å². The first-order valence-corrected chi connectivity index (χ1v) is 10.3. The SMILES string of the molecule is C=C(OC(=O)CCCCCCCCCCCCCCCCC)C(N)=O. The largest absolute Gasteiger partial charge is 0.421 e. The van der Waals surface area contributed by atoms with E-state index in [0.717, 1.165) is 19.3 Å². The van der Waals surface area contributed by atoms with Crippen LogP contribution in [0.4, 0.5) is 0 Å². The molecule has 0 atom stereocenters. The van der Waals surface area contributed by atoms with Gasteiger partial charge in [0.15, 0.2) is 5.76 Å². The van der Waals surface area contributed by atoms with Crippen molar-refractivity contribution in [3.63, 3.8) is 0 Å². The number of primary amides is 1. The Bertz CT molecular complexity index is 366. The van der Waals surface area contributed by atoms with Gasteiger partial charge in [-0.25, -0.2) is 0 Å². The van der Waals surface area contributed by atoms with Gasteiger partial charge >= 0.3 is 5.97 Å². The van der Waals surface area contributed by atoms with Gasteiger partial charge in [-0.15, -0.1) is 0 Å². The van der Waals surface area contributed by atoms with E-state index in [9.17, 15) is 9.59 Å². The zero-order valence-corrected chi connectivity index (χ0v) is 16.3. The smallest absolute Gasteiger partial charge is 0.311 e. The number of ether oxygens (including phenoxy) is 1. The normalized spacial score (nSPS) is 10.6. The third-order valence-electron chi connectivity index (χ3n) is 4.50. The molecule has 0 aromatic heterocycles. The predicted octanol–water partition coefficient (Wildman–Crippen LogP) is 5.79. The van der Waals surface area contributed by atoms with Crippen LogP contribution in [-0.4, -0.2) is 11.9 Å². The van der Waals surface area contributed by atoms with Crippen LogP contribution in [0.5, 0.6) is 0 Å². The third kappa shape index (κ3) is 17.3. The monoisotopic (exact) mass is 353 g/mol. The van der Waals surface area contributed by atoms with Crippen LogP contribution in [0.25, 0.3) is 0 Å². The molecule has 0 spiro atoms. The number of amides is 1. The van der Waals surface area contributed by atoms with Gasteiger partial charge in [0.1, 0.15) is 0 Å². The summed E-state index contributed by atoms with van der Waals surface area (Å²) >= 11 is 0. The highest BCUT2D eigenvalue weighted by Gasteiger charge is 2.09. The summed E-state index contributed by atoms with van der Waals surface area (Å²) in [4.78, 5) is 22.1. The molecule has 0 unspecified atom stereocenters. The van der Waals surface area contributed by atoms with Gasteiger partial charge in [0.05, 0.1) is 0 Å². The van der Waals surface area contributed by atoms with Crippen molar-refractivity contribution in [2.45, 2.75) is 110 Å². The first-order chi connectivity index (χ1) is 12.1. The predicted molar refractivity (Wildman–Crippen MR) is 104 cm³/mol. The van der Waals surface area contributed by atoms with Crippen molar-refractivity contribution < 1.29 is 14.3 Å². The van der Waals surface area contributed by atoms with E-state index in [4.69, 9.17) is 10.5 Å². The van der Waals surface area contributed by atoms with Crippen LogP contribution in [0.15, 0.2) is 12.3 Å². The van der Waals surface area contributed by atoms with Crippen molar-refractivity contribution in [3.05, 3.63) is 12.3 Å². The number of esters is 1. The molecule has 0 aliphatic carbocycles. The summed E-state index contributed by atoms with van der Waals surface area (Å²) in [5.74, 6) is -1.48. The van der Waals surface area contributed by atoms with Crippen LogP contribution in [0, 0.1) is 0 Å². The number of hydrogen-bond donors (Lipinski definition) is 1. The zero-order chi connectivity index (χ0) is 18.8. The molecular formula is C21H39NO3. The van der Waals surface area contributed by atoms with Crippen LogP contribution in [0.2, 0.25) is 0 Å². The van der Waals surface area contributed by atoms with Gasteiger partial charge in [0, 0.05) is 6.42 Å². The number of nitrogens with two attached hydrogens (primary N) is 1. The molecule has 0 saturated carbocycles. The Labute approximate surface area is 154 Å². The minimum atomic E-state index is -0.787. The van der Waals surface area contributed by atoms with Gasteiger partial charge < -0.3 is 10.5 Å². The Kier molecular flexibility index (Phi) is 16.6. The second-order valence-electron chi connectivity index (χ2n) is 6.96. The Morgan fingerprint density at radius 1 is 0.720 bits per heavy atom. The molecule has 2 N–H and O–H groups in total. The number of carbonyl (C=O) groups excluding carboxylic acids is 2. The van der Waals surface area contributed by atoms with E-state index in [1.807, 2.05) is 0 Å². The van der Waals surface area contributed by atoms with Crippen LogP contribution in [0.1, 0.15) is 110 Å². The van der Waals surface area contributed by atoms with Gasteiger partial charge in [0.2, 0.25) is 0 Å². The van der Waals surface area contributed by atoms with Gasteiger partial charge in [-0.2, -0.15) is 0 Å². The van der Waals surface area contributed by atoms with Crippen molar-refractivity contribution in [1.82, 2.24) is 0 Å². The lowest BCUT2D eigenvalue weighted by Gasteiger charge is -2.04. The van der Waals surface area contributed by atoms with Crippen molar-refractivity contribution >= 4 is 11.9 Å². The fourth-order valence-electron chi connectivity index (χ4n) is 2.88. The van der Waals surface area contributed by atoms with E-state index >= 15 is 0 Å². The molecule has 0 bridgehead atoms. The van der Waals surface area contributed by atoms with Gasteiger partial charge in [-0.3, -0.25) is 9.59 Å². The molecule has 0 aromatic rings. The molecule has 25 heavy (non-hydrogen) atoms. The van der Waals surface area contributed by atoms with E-state index in [-0.39, 0.29) is 5.76 Å². The number of unbranched alkanes of at least 4 members (excludes halogenated alkanes) is 14. The van der Waals surface area contributed by atoms with Crippen LogP contribution in [-0.2, 0) is 14.3 Å². The molecule has 0 saturated heterocycles. The van der Waals surface area contributed by atoms with E-state index in [1.165, 1.54) is 77.0 Å².